The second-order valence-electron chi connectivity index (χ2n) is 7.10. The van der Waals surface area contributed by atoms with Crippen LogP contribution in [0.2, 0.25) is 0 Å². The highest BCUT2D eigenvalue weighted by Crippen LogP contribution is 2.34. The summed E-state index contributed by atoms with van der Waals surface area (Å²) in [5.74, 6) is 1.66. The average molecular weight is 297 g/mol. The van der Waals surface area contributed by atoms with Gasteiger partial charge in [-0.2, -0.15) is 4.37 Å². The highest BCUT2D eigenvalue weighted by Gasteiger charge is 2.32. The van der Waals surface area contributed by atoms with Gasteiger partial charge in [0.2, 0.25) is 5.13 Å². The number of anilines is 1. The van der Waals surface area contributed by atoms with E-state index < -0.39 is 5.60 Å². The lowest BCUT2D eigenvalue weighted by atomic mass is 9.78. The molecular formula is C15H27N3OS. The van der Waals surface area contributed by atoms with E-state index >= 15 is 0 Å². The van der Waals surface area contributed by atoms with Gasteiger partial charge in [0.05, 0.1) is 5.60 Å². The van der Waals surface area contributed by atoms with E-state index in [1.54, 1.807) is 0 Å². The minimum Gasteiger partial charge on any atom is -0.388 e. The van der Waals surface area contributed by atoms with Gasteiger partial charge in [-0.1, -0.05) is 34.1 Å². The first-order valence-electron chi connectivity index (χ1n) is 7.63. The van der Waals surface area contributed by atoms with Gasteiger partial charge >= 0.3 is 0 Å². The third kappa shape index (κ3) is 3.92. The molecule has 0 amide bonds. The van der Waals surface area contributed by atoms with Crippen LogP contribution in [0.1, 0.15) is 65.6 Å². The summed E-state index contributed by atoms with van der Waals surface area (Å²) in [6.45, 7) is 9.15. The zero-order valence-corrected chi connectivity index (χ0v) is 13.9. The van der Waals surface area contributed by atoms with Crippen LogP contribution >= 0.6 is 11.5 Å². The molecule has 1 aromatic rings. The highest BCUT2D eigenvalue weighted by molar-refractivity contribution is 7.09. The molecule has 0 spiro atoms. The third-order valence-electron chi connectivity index (χ3n) is 4.28. The molecule has 1 aliphatic carbocycles. The van der Waals surface area contributed by atoms with E-state index in [-0.39, 0.29) is 5.41 Å². The topological polar surface area (TPSA) is 58.0 Å². The first kappa shape index (κ1) is 15.7. The predicted octanol–water partition coefficient (Wildman–Crippen LogP) is 3.58. The molecular weight excluding hydrogens is 270 g/mol. The Morgan fingerprint density at radius 2 is 2.00 bits per heavy atom. The SMILES string of the molecule is CCC1CCC(O)(CNc2nc(C(C)(C)C)ns2)CC1. The van der Waals surface area contributed by atoms with Gasteiger partial charge in [-0.05, 0) is 31.6 Å². The number of nitrogens with zero attached hydrogens (tertiary/aromatic N) is 2. The molecule has 2 rings (SSSR count). The summed E-state index contributed by atoms with van der Waals surface area (Å²) in [4.78, 5) is 4.51. The number of nitrogens with one attached hydrogen (secondary N) is 1. The average Bonchev–Trinajstić information content (AvgIpc) is 2.86. The lowest BCUT2D eigenvalue weighted by molar-refractivity contribution is 0.00229. The number of aliphatic hydroxyl groups is 1. The summed E-state index contributed by atoms with van der Waals surface area (Å²) in [5, 5.41) is 14.7. The molecule has 1 aromatic heterocycles. The molecule has 0 atom stereocenters. The molecule has 0 aliphatic heterocycles. The van der Waals surface area contributed by atoms with E-state index in [1.807, 2.05) is 0 Å². The Balaban J connectivity index is 1.87. The van der Waals surface area contributed by atoms with E-state index in [1.165, 1.54) is 18.0 Å². The number of hydrogen-bond acceptors (Lipinski definition) is 5. The Hall–Kier alpha value is -0.680. The molecule has 5 heteroatoms. The molecule has 114 valence electrons. The van der Waals surface area contributed by atoms with Gasteiger partial charge in [0.25, 0.3) is 0 Å². The van der Waals surface area contributed by atoms with Crippen molar-refractivity contribution in [2.24, 2.45) is 5.92 Å². The minimum atomic E-state index is -0.570. The number of rotatable bonds is 4. The van der Waals surface area contributed by atoms with Crippen LogP contribution in [0, 0.1) is 5.92 Å². The van der Waals surface area contributed by atoms with Crippen molar-refractivity contribution < 1.29 is 5.11 Å². The van der Waals surface area contributed by atoms with Crippen molar-refractivity contribution in [3.8, 4) is 0 Å². The largest absolute Gasteiger partial charge is 0.388 e. The lowest BCUT2D eigenvalue weighted by Crippen LogP contribution is -2.40. The van der Waals surface area contributed by atoms with E-state index in [2.05, 4.69) is 42.4 Å². The second kappa shape index (κ2) is 5.98. The van der Waals surface area contributed by atoms with Crippen LogP contribution < -0.4 is 5.32 Å². The summed E-state index contributed by atoms with van der Waals surface area (Å²) >= 11 is 1.39. The quantitative estimate of drug-likeness (QED) is 0.892. The van der Waals surface area contributed by atoms with Crippen LogP contribution in [-0.2, 0) is 5.41 Å². The predicted molar refractivity (Wildman–Crippen MR) is 84.3 cm³/mol. The Labute approximate surface area is 126 Å². The van der Waals surface area contributed by atoms with Crippen LogP contribution in [0.4, 0.5) is 5.13 Å². The summed E-state index contributed by atoms with van der Waals surface area (Å²) < 4.78 is 4.39. The zero-order chi connectivity index (χ0) is 14.8. The maximum Gasteiger partial charge on any atom is 0.202 e. The third-order valence-corrected chi connectivity index (χ3v) is 4.95. The smallest absolute Gasteiger partial charge is 0.202 e. The summed E-state index contributed by atoms with van der Waals surface area (Å²) in [6.07, 6.45) is 5.29. The highest BCUT2D eigenvalue weighted by atomic mass is 32.1. The van der Waals surface area contributed by atoms with Crippen LogP contribution in [0.15, 0.2) is 0 Å². The van der Waals surface area contributed by atoms with Crippen LogP contribution in [0.5, 0.6) is 0 Å². The van der Waals surface area contributed by atoms with Gasteiger partial charge < -0.3 is 10.4 Å². The van der Waals surface area contributed by atoms with Crippen molar-refractivity contribution in [2.45, 2.75) is 70.8 Å². The van der Waals surface area contributed by atoms with Crippen LogP contribution in [0.25, 0.3) is 0 Å². The fourth-order valence-corrected chi connectivity index (χ4v) is 3.39. The summed E-state index contributed by atoms with van der Waals surface area (Å²) in [5.41, 5.74) is -0.592. The van der Waals surface area contributed by atoms with Crippen molar-refractivity contribution in [1.82, 2.24) is 9.36 Å². The summed E-state index contributed by atoms with van der Waals surface area (Å²) in [7, 11) is 0. The van der Waals surface area contributed by atoms with Crippen LogP contribution in [-0.4, -0.2) is 26.6 Å². The molecule has 0 radical (unpaired) electrons. The van der Waals surface area contributed by atoms with Crippen LogP contribution in [0.3, 0.4) is 0 Å². The van der Waals surface area contributed by atoms with Crippen molar-refractivity contribution in [3.63, 3.8) is 0 Å². The second-order valence-corrected chi connectivity index (χ2v) is 7.85. The molecule has 0 saturated heterocycles. The first-order chi connectivity index (χ1) is 9.32. The number of hydrogen-bond donors (Lipinski definition) is 2. The molecule has 1 saturated carbocycles. The Morgan fingerprint density at radius 1 is 1.35 bits per heavy atom. The van der Waals surface area contributed by atoms with E-state index in [0.717, 1.165) is 42.6 Å². The molecule has 0 aromatic carbocycles. The molecule has 20 heavy (non-hydrogen) atoms. The number of aromatic nitrogens is 2. The summed E-state index contributed by atoms with van der Waals surface area (Å²) in [6, 6.07) is 0. The molecule has 1 fully saturated rings. The molecule has 4 nitrogen and oxygen atoms in total. The molecule has 1 heterocycles. The Kier molecular flexibility index (Phi) is 4.69. The Bertz CT molecular complexity index is 431. The van der Waals surface area contributed by atoms with E-state index in [9.17, 15) is 5.11 Å². The monoisotopic (exact) mass is 297 g/mol. The standard InChI is InChI=1S/C15H27N3OS/c1-5-11-6-8-15(19,9-7-11)10-16-13-17-12(18-20-13)14(2,3)4/h11,19H,5-10H2,1-4H3,(H,16,17,18). The minimum absolute atomic E-state index is 0.0213. The van der Waals surface area contributed by atoms with Gasteiger partial charge in [-0.25, -0.2) is 4.98 Å². The molecule has 0 unspecified atom stereocenters. The fraction of sp³-hybridized carbons (Fsp3) is 0.867. The van der Waals surface area contributed by atoms with Gasteiger partial charge in [-0.15, -0.1) is 0 Å². The first-order valence-corrected chi connectivity index (χ1v) is 8.40. The Morgan fingerprint density at radius 3 is 2.50 bits per heavy atom. The van der Waals surface area contributed by atoms with Gasteiger partial charge in [0.15, 0.2) is 0 Å². The zero-order valence-electron chi connectivity index (χ0n) is 13.1. The maximum absolute atomic E-state index is 10.6. The lowest BCUT2D eigenvalue weighted by Gasteiger charge is -2.35. The fourth-order valence-electron chi connectivity index (χ4n) is 2.64. The van der Waals surface area contributed by atoms with Gasteiger partial charge in [0, 0.05) is 23.5 Å². The van der Waals surface area contributed by atoms with Crippen molar-refractivity contribution in [2.75, 3.05) is 11.9 Å². The van der Waals surface area contributed by atoms with Crippen molar-refractivity contribution in [1.29, 1.82) is 0 Å². The van der Waals surface area contributed by atoms with Gasteiger partial charge in [0.1, 0.15) is 5.82 Å². The van der Waals surface area contributed by atoms with Gasteiger partial charge in [-0.3, -0.25) is 0 Å². The maximum atomic E-state index is 10.6. The van der Waals surface area contributed by atoms with Crippen molar-refractivity contribution in [3.05, 3.63) is 5.82 Å². The van der Waals surface area contributed by atoms with E-state index in [0.29, 0.717) is 6.54 Å². The molecule has 2 N–H and O–H groups in total. The van der Waals surface area contributed by atoms with Crippen molar-refractivity contribution >= 4 is 16.7 Å². The molecule has 0 bridgehead atoms. The molecule has 1 aliphatic rings. The normalized spacial score (nSPS) is 27.6. The van der Waals surface area contributed by atoms with E-state index in [4.69, 9.17) is 0 Å².